The molecule has 0 bridgehead atoms. The van der Waals surface area contributed by atoms with Crippen LogP contribution in [-0.4, -0.2) is 49.7 Å². The first-order chi connectivity index (χ1) is 10.7. The van der Waals surface area contributed by atoms with Crippen LogP contribution in [0.5, 0.6) is 5.75 Å². The number of amides is 2. The monoisotopic (exact) mass is 304 g/mol. The number of carbonyl (C=O) groups excluding carboxylic acids is 2. The molecule has 1 atom stereocenters. The highest BCUT2D eigenvalue weighted by Gasteiger charge is 2.26. The van der Waals surface area contributed by atoms with E-state index >= 15 is 0 Å². The maximum absolute atomic E-state index is 12.2. The fourth-order valence-corrected chi connectivity index (χ4v) is 2.76. The van der Waals surface area contributed by atoms with Gasteiger partial charge in [0.2, 0.25) is 5.91 Å². The van der Waals surface area contributed by atoms with Gasteiger partial charge in [0.25, 0.3) is 0 Å². The summed E-state index contributed by atoms with van der Waals surface area (Å²) in [5.74, 6) is 0.658. The van der Waals surface area contributed by atoms with Crippen LogP contribution in [0, 0.1) is 5.92 Å². The Labute approximate surface area is 129 Å². The third kappa shape index (κ3) is 3.32. The molecule has 2 aliphatic rings. The fourth-order valence-electron chi connectivity index (χ4n) is 2.76. The van der Waals surface area contributed by atoms with Crippen molar-refractivity contribution in [2.45, 2.75) is 12.8 Å². The molecule has 0 saturated carbocycles. The lowest BCUT2D eigenvalue weighted by molar-refractivity contribution is -0.126. The molecule has 0 aromatic heterocycles. The maximum atomic E-state index is 12.2. The Hall–Kier alpha value is -2.24. The number of rotatable bonds is 4. The number of hydrogen-bond acceptors (Lipinski definition) is 4. The predicted octanol–water partition coefficient (Wildman–Crippen LogP) is 1.20. The van der Waals surface area contributed by atoms with Gasteiger partial charge in [0.05, 0.1) is 12.5 Å². The maximum Gasteiger partial charge on any atom is 0.409 e. The van der Waals surface area contributed by atoms with Gasteiger partial charge in [-0.05, 0) is 24.5 Å². The fraction of sp³-hybridized carbons (Fsp3) is 0.500. The second-order valence-corrected chi connectivity index (χ2v) is 5.57. The molecule has 1 aromatic carbocycles. The van der Waals surface area contributed by atoms with Crippen molar-refractivity contribution in [2.24, 2.45) is 5.92 Å². The molecule has 0 aliphatic carbocycles. The molecule has 3 rings (SSSR count). The van der Waals surface area contributed by atoms with Gasteiger partial charge in [-0.25, -0.2) is 4.79 Å². The Morgan fingerprint density at radius 2 is 2.18 bits per heavy atom. The summed E-state index contributed by atoms with van der Waals surface area (Å²) < 4.78 is 10.6. The summed E-state index contributed by atoms with van der Waals surface area (Å²) >= 11 is 0. The lowest BCUT2D eigenvalue weighted by Gasteiger charge is -2.27. The second-order valence-electron chi connectivity index (χ2n) is 5.57. The minimum absolute atomic E-state index is 0.0279. The predicted molar refractivity (Wildman–Crippen MR) is 79.7 cm³/mol. The van der Waals surface area contributed by atoms with Crippen molar-refractivity contribution in [1.82, 2.24) is 10.2 Å². The number of carbonyl (C=O) groups is 2. The van der Waals surface area contributed by atoms with Crippen LogP contribution in [0.3, 0.4) is 0 Å². The number of nitrogens with zero attached hydrogens (tertiary/aromatic N) is 1. The average molecular weight is 304 g/mol. The molecule has 1 N–H and O–H groups in total. The highest BCUT2D eigenvalue weighted by Crippen LogP contribution is 2.26. The van der Waals surface area contributed by atoms with Crippen molar-refractivity contribution in [3.63, 3.8) is 0 Å². The minimum atomic E-state index is -0.296. The lowest BCUT2D eigenvalue weighted by atomic mass is 9.96. The van der Waals surface area contributed by atoms with Crippen LogP contribution in [0.4, 0.5) is 4.79 Å². The molecule has 2 amide bonds. The number of cyclic esters (lactones) is 1. The first-order valence-corrected chi connectivity index (χ1v) is 7.64. The summed E-state index contributed by atoms with van der Waals surface area (Å²) in [5.41, 5.74) is 1.06. The van der Waals surface area contributed by atoms with Gasteiger partial charge in [-0.3, -0.25) is 4.79 Å². The van der Waals surface area contributed by atoms with Gasteiger partial charge in [0.15, 0.2) is 0 Å². The zero-order valence-electron chi connectivity index (χ0n) is 12.4. The van der Waals surface area contributed by atoms with E-state index in [1.807, 2.05) is 24.3 Å². The molecule has 0 radical (unpaired) electrons. The van der Waals surface area contributed by atoms with E-state index in [0.29, 0.717) is 39.3 Å². The normalized spacial score (nSPS) is 20.6. The van der Waals surface area contributed by atoms with E-state index < -0.39 is 0 Å². The average Bonchev–Trinajstić information content (AvgIpc) is 2.56. The summed E-state index contributed by atoms with van der Waals surface area (Å²) in [6.07, 6.45) is 1.23. The number of ether oxygens (including phenoxy) is 2. The third-order valence-electron chi connectivity index (χ3n) is 3.99. The van der Waals surface area contributed by atoms with Crippen LogP contribution >= 0.6 is 0 Å². The van der Waals surface area contributed by atoms with E-state index in [0.717, 1.165) is 17.7 Å². The molecular formula is C16H20N2O4. The largest absolute Gasteiger partial charge is 0.492 e. The molecular weight excluding hydrogens is 284 g/mol. The van der Waals surface area contributed by atoms with E-state index in [1.165, 1.54) is 0 Å². The standard InChI is InChI=1S/C16H20N2O4/c19-15(17-6-8-18-7-3-9-21-16(18)20)13-10-12-4-1-2-5-14(12)22-11-13/h1-2,4-5,13H,3,6-11H2,(H,17,19)/t13-/m1/s1. The number of hydrogen-bond donors (Lipinski definition) is 1. The molecule has 118 valence electrons. The van der Waals surface area contributed by atoms with Gasteiger partial charge in [-0.2, -0.15) is 0 Å². The minimum Gasteiger partial charge on any atom is -0.492 e. The number of benzene rings is 1. The first kappa shape index (κ1) is 14.7. The quantitative estimate of drug-likeness (QED) is 0.907. The van der Waals surface area contributed by atoms with E-state index in [2.05, 4.69) is 5.32 Å². The van der Waals surface area contributed by atoms with Crippen LogP contribution in [-0.2, 0) is 16.0 Å². The van der Waals surface area contributed by atoms with Crippen molar-refractivity contribution >= 4 is 12.0 Å². The number of nitrogens with one attached hydrogen (secondary N) is 1. The molecule has 2 heterocycles. The van der Waals surface area contributed by atoms with Crippen LogP contribution < -0.4 is 10.1 Å². The highest BCUT2D eigenvalue weighted by atomic mass is 16.6. The molecule has 1 aromatic rings. The smallest absolute Gasteiger partial charge is 0.409 e. The Bertz CT molecular complexity index is 561. The van der Waals surface area contributed by atoms with Crippen molar-refractivity contribution in [3.8, 4) is 5.75 Å². The molecule has 1 saturated heterocycles. The Kier molecular flexibility index (Phi) is 4.46. The summed E-state index contributed by atoms with van der Waals surface area (Å²) in [7, 11) is 0. The molecule has 2 aliphatic heterocycles. The number of fused-ring (bicyclic) bond motifs is 1. The lowest BCUT2D eigenvalue weighted by Crippen LogP contribution is -2.44. The van der Waals surface area contributed by atoms with Gasteiger partial charge >= 0.3 is 6.09 Å². The van der Waals surface area contributed by atoms with Crippen LogP contribution in [0.25, 0.3) is 0 Å². The van der Waals surface area contributed by atoms with Crippen molar-refractivity contribution in [1.29, 1.82) is 0 Å². The van der Waals surface area contributed by atoms with Crippen LogP contribution in [0.15, 0.2) is 24.3 Å². The molecule has 0 unspecified atom stereocenters. The van der Waals surface area contributed by atoms with Gasteiger partial charge in [-0.15, -0.1) is 0 Å². The number of para-hydroxylation sites is 1. The highest BCUT2D eigenvalue weighted by molar-refractivity contribution is 5.79. The zero-order valence-corrected chi connectivity index (χ0v) is 12.4. The first-order valence-electron chi connectivity index (χ1n) is 7.64. The Balaban J connectivity index is 1.46. The third-order valence-corrected chi connectivity index (χ3v) is 3.99. The van der Waals surface area contributed by atoms with Gasteiger partial charge in [0, 0.05) is 19.6 Å². The Morgan fingerprint density at radius 1 is 1.32 bits per heavy atom. The zero-order chi connectivity index (χ0) is 15.4. The van der Waals surface area contributed by atoms with Crippen molar-refractivity contribution in [3.05, 3.63) is 29.8 Å². The summed E-state index contributed by atoms with van der Waals surface area (Å²) in [6, 6.07) is 7.78. The van der Waals surface area contributed by atoms with Crippen molar-refractivity contribution < 1.29 is 19.1 Å². The molecule has 0 spiro atoms. The second kappa shape index (κ2) is 6.68. The van der Waals surface area contributed by atoms with E-state index in [-0.39, 0.29) is 17.9 Å². The summed E-state index contributed by atoms with van der Waals surface area (Å²) in [5, 5.41) is 2.88. The molecule has 6 nitrogen and oxygen atoms in total. The van der Waals surface area contributed by atoms with Crippen LogP contribution in [0.1, 0.15) is 12.0 Å². The molecule has 6 heteroatoms. The van der Waals surface area contributed by atoms with Crippen LogP contribution in [0.2, 0.25) is 0 Å². The van der Waals surface area contributed by atoms with E-state index in [1.54, 1.807) is 4.90 Å². The summed E-state index contributed by atoms with van der Waals surface area (Å²) in [4.78, 5) is 25.3. The van der Waals surface area contributed by atoms with E-state index in [4.69, 9.17) is 9.47 Å². The van der Waals surface area contributed by atoms with Gasteiger partial charge in [0.1, 0.15) is 12.4 Å². The van der Waals surface area contributed by atoms with E-state index in [9.17, 15) is 9.59 Å². The topological polar surface area (TPSA) is 67.9 Å². The van der Waals surface area contributed by atoms with Gasteiger partial charge < -0.3 is 19.7 Å². The van der Waals surface area contributed by atoms with Crippen molar-refractivity contribution in [2.75, 3.05) is 32.8 Å². The van der Waals surface area contributed by atoms with Gasteiger partial charge in [-0.1, -0.05) is 18.2 Å². The summed E-state index contributed by atoms with van der Waals surface area (Å²) in [6.45, 7) is 2.49. The SMILES string of the molecule is O=C(NCCN1CCCOC1=O)[C@H]1COc2ccccc2C1. The molecule has 22 heavy (non-hydrogen) atoms. The molecule has 1 fully saturated rings. The Morgan fingerprint density at radius 3 is 3.05 bits per heavy atom.